The number of halogens is 1. The summed E-state index contributed by atoms with van der Waals surface area (Å²) >= 11 is 7.04. The first kappa shape index (κ1) is 23.5. The molecule has 2 aliphatic heterocycles. The molecule has 1 aromatic heterocycles. The van der Waals surface area contributed by atoms with E-state index < -0.39 is 11.4 Å². The number of nitrogens with zero attached hydrogens (tertiary/aromatic N) is 4. The summed E-state index contributed by atoms with van der Waals surface area (Å²) in [6.45, 7) is 4.60. The van der Waals surface area contributed by atoms with Gasteiger partial charge in [-0.2, -0.15) is 0 Å². The molecule has 5 rings (SSSR count). The number of anilines is 4. The van der Waals surface area contributed by atoms with Gasteiger partial charge in [0.05, 0.1) is 24.9 Å². The molecule has 0 saturated heterocycles. The van der Waals surface area contributed by atoms with Crippen LogP contribution in [0.4, 0.5) is 22.9 Å². The first-order valence-corrected chi connectivity index (χ1v) is 11.9. The van der Waals surface area contributed by atoms with Crippen LogP contribution in [0.1, 0.15) is 35.6 Å². The Labute approximate surface area is 209 Å². The van der Waals surface area contributed by atoms with Crippen molar-refractivity contribution < 1.29 is 14.6 Å². The van der Waals surface area contributed by atoms with Gasteiger partial charge in [-0.25, -0.2) is 14.4 Å². The molecule has 0 radical (unpaired) electrons. The van der Waals surface area contributed by atoms with E-state index in [9.17, 15) is 9.90 Å². The lowest BCUT2D eigenvalue weighted by Gasteiger charge is -2.29. The van der Waals surface area contributed by atoms with Gasteiger partial charge in [0.15, 0.2) is 5.82 Å². The summed E-state index contributed by atoms with van der Waals surface area (Å²) in [7, 11) is 1.67. The number of ether oxygens (including phenoxy) is 1. The van der Waals surface area contributed by atoms with Crippen LogP contribution in [-0.4, -0.2) is 41.2 Å². The number of hydrogen-bond acceptors (Lipinski definition) is 7. The van der Waals surface area contributed by atoms with Crippen molar-refractivity contribution in [1.82, 2.24) is 15.3 Å². The molecule has 2 aliphatic rings. The number of para-hydroxylation sites is 1. The van der Waals surface area contributed by atoms with Crippen LogP contribution >= 0.6 is 11.8 Å². The van der Waals surface area contributed by atoms with Gasteiger partial charge >= 0.3 is 5.97 Å². The predicted molar refractivity (Wildman–Crippen MR) is 136 cm³/mol. The summed E-state index contributed by atoms with van der Waals surface area (Å²) in [4.78, 5) is 22.6. The summed E-state index contributed by atoms with van der Waals surface area (Å²) in [5, 5.41) is 13.0. The molecule has 0 bridgehead atoms. The van der Waals surface area contributed by atoms with Crippen LogP contribution in [0.15, 0.2) is 48.9 Å². The molecule has 2 N–H and O–H groups in total. The van der Waals surface area contributed by atoms with Crippen LogP contribution in [-0.2, 0) is 34.5 Å². The topological polar surface area (TPSA) is 90.8 Å². The smallest absolute Gasteiger partial charge is 0.304 e. The second kappa shape index (κ2) is 9.45. The monoisotopic (exact) mass is 493 g/mol. The molecular weight excluding hydrogens is 466 g/mol. The Balaban J connectivity index is 1.59. The van der Waals surface area contributed by atoms with E-state index in [-0.39, 0.29) is 6.42 Å². The quantitative estimate of drug-likeness (QED) is 0.467. The molecule has 3 heterocycles. The number of aromatic nitrogens is 2. The average Bonchev–Trinajstić information content (AvgIpc) is 3.15. The zero-order valence-electron chi connectivity index (χ0n) is 19.8. The highest BCUT2D eigenvalue weighted by molar-refractivity contribution is 6.30. The number of nitrogens with one attached hydrogen (secondary N) is 1. The zero-order valence-corrected chi connectivity index (χ0v) is 20.5. The second-order valence-electron chi connectivity index (χ2n) is 9.36. The van der Waals surface area contributed by atoms with Gasteiger partial charge in [0.2, 0.25) is 0 Å². The highest BCUT2D eigenvalue weighted by Gasteiger charge is 2.42. The molecule has 182 valence electrons. The largest absolute Gasteiger partial charge is 0.481 e. The molecule has 1 atom stereocenters. The second-order valence-corrected chi connectivity index (χ2v) is 9.69. The van der Waals surface area contributed by atoms with E-state index in [1.165, 1.54) is 17.5 Å². The summed E-state index contributed by atoms with van der Waals surface area (Å²) in [6, 6.07) is 12.1. The van der Waals surface area contributed by atoms with Gasteiger partial charge in [-0.3, -0.25) is 4.79 Å². The summed E-state index contributed by atoms with van der Waals surface area (Å²) in [5.74, 6) is -0.214. The summed E-state index contributed by atoms with van der Waals surface area (Å²) < 4.78 is 7.08. The van der Waals surface area contributed by atoms with Crippen molar-refractivity contribution in [2.75, 3.05) is 29.5 Å². The van der Waals surface area contributed by atoms with E-state index in [0.29, 0.717) is 24.7 Å². The van der Waals surface area contributed by atoms with Gasteiger partial charge < -0.3 is 20.1 Å². The lowest BCUT2D eigenvalue weighted by molar-refractivity contribution is -0.138. The first-order chi connectivity index (χ1) is 16.9. The Hall–Kier alpha value is -3.20. The van der Waals surface area contributed by atoms with Crippen molar-refractivity contribution in [2.45, 2.75) is 38.3 Å². The standard InChI is InChI=1S/C26H28ClN5O3/c1-26(11-24(33)34)15-31(21-6-4-3-5-20(21)26)25-23(13-29-16-30-25)32(27)22-10-18-12-28-8-7-17(18)9-19(22)14-35-2/h3-6,9-10,13,16,28H,7-8,11-12,14-15H2,1-2H3,(H,33,34)/t26-/m1/s1. The fraction of sp³-hybridized carbons (Fsp3) is 0.346. The molecule has 2 aromatic carbocycles. The van der Waals surface area contributed by atoms with Gasteiger partial charge in [-0.15, -0.1) is 0 Å². The summed E-state index contributed by atoms with van der Waals surface area (Å²) in [5.41, 5.74) is 6.25. The fourth-order valence-corrected chi connectivity index (χ4v) is 5.51. The third-order valence-corrected chi connectivity index (χ3v) is 7.20. The molecule has 0 fully saturated rings. The number of hydrogen-bond donors (Lipinski definition) is 2. The van der Waals surface area contributed by atoms with Crippen LogP contribution in [0.5, 0.6) is 0 Å². The first-order valence-electron chi connectivity index (χ1n) is 11.6. The SMILES string of the molecule is COCc1cc2c(cc1N(Cl)c1cncnc1N1C[C@@](C)(CC(=O)O)c3ccccc31)CNCC2. The van der Waals surface area contributed by atoms with Crippen molar-refractivity contribution in [3.8, 4) is 0 Å². The molecule has 0 saturated carbocycles. The number of carbonyl (C=O) groups is 1. The Morgan fingerprint density at radius 2 is 2.11 bits per heavy atom. The van der Waals surface area contributed by atoms with Crippen molar-refractivity contribution in [2.24, 2.45) is 0 Å². The lowest BCUT2D eigenvalue weighted by atomic mass is 9.81. The molecule has 9 heteroatoms. The molecule has 3 aromatic rings. The lowest BCUT2D eigenvalue weighted by Crippen LogP contribution is -2.31. The third kappa shape index (κ3) is 4.33. The van der Waals surface area contributed by atoms with Crippen LogP contribution in [0.2, 0.25) is 0 Å². The maximum Gasteiger partial charge on any atom is 0.304 e. The molecule has 0 amide bonds. The number of aliphatic carboxylic acids is 1. The minimum atomic E-state index is -0.835. The maximum absolute atomic E-state index is 11.7. The van der Waals surface area contributed by atoms with Crippen molar-refractivity contribution >= 4 is 40.6 Å². The van der Waals surface area contributed by atoms with E-state index in [0.717, 1.165) is 42.0 Å². The van der Waals surface area contributed by atoms with Crippen LogP contribution in [0.25, 0.3) is 0 Å². The van der Waals surface area contributed by atoms with E-state index in [4.69, 9.17) is 16.5 Å². The van der Waals surface area contributed by atoms with Gasteiger partial charge in [0.25, 0.3) is 0 Å². The molecular formula is C26H28ClN5O3. The minimum absolute atomic E-state index is 0.0152. The van der Waals surface area contributed by atoms with E-state index in [2.05, 4.69) is 27.4 Å². The minimum Gasteiger partial charge on any atom is -0.481 e. The van der Waals surface area contributed by atoms with E-state index >= 15 is 0 Å². The van der Waals surface area contributed by atoms with Gasteiger partial charge in [-0.1, -0.05) is 31.2 Å². The normalized spacial score (nSPS) is 18.8. The highest BCUT2D eigenvalue weighted by Crippen LogP contribution is 2.48. The number of rotatable bonds is 7. The Kier molecular flexibility index (Phi) is 6.35. The van der Waals surface area contributed by atoms with Crippen LogP contribution in [0, 0.1) is 0 Å². The molecule has 8 nitrogen and oxygen atoms in total. The average molecular weight is 494 g/mol. The van der Waals surface area contributed by atoms with Crippen molar-refractivity contribution in [1.29, 1.82) is 0 Å². The van der Waals surface area contributed by atoms with Gasteiger partial charge in [0.1, 0.15) is 12.0 Å². The Morgan fingerprint density at radius 3 is 2.91 bits per heavy atom. The Morgan fingerprint density at radius 1 is 1.29 bits per heavy atom. The number of methoxy groups -OCH3 is 1. The Bertz CT molecular complexity index is 1270. The maximum atomic E-state index is 11.7. The molecule has 0 unspecified atom stereocenters. The summed E-state index contributed by atoms with van der Waals surface area (Å²) in [6.07, 6.45) is 4.16. The van der Waals surface area contributed by atoms with Crippen LogP contribution in [0.3, 0.4) is 0 Å². The highest BCUT2D eigenvalue weighted by atomic mass is 35.5. The number of carboxylic acids is 1. The molecule has 35 heavy (non-hydrogen) atoms. The number of fused-ring (bicyclic) bond motifs is 2. The third-order valence-electron chi connectivity index (χ3n) is 6.83. The van der Waals surface area contributed by atoms with Crippen molar-refractivity contribution in [3.05, 3.63) is 71.2 Å². The van der Waals surface area contributed by atoms with Gasteiger partial charge in [-0.05, 0) is 41.8 Å². The van der Waals surface area contributed by atoms with Gasteiger partial charge in [0, 0.05) is 48.6 Å². The van der Waals surface area contributed by atoms with Crippen LogP contribution < -0.4 is 14.6 Å². The predicted octanol–water partition coefficient (Wildman–Crippen LogP) is 4.44. The van der Waals surface area contributed by atoms with E-state index in [1.54, 1.807) is 17.7 Å². The molecule has 0 aliphatic carbocycles. The number of benzene rings is 2. The van der Waals surface area contributed by atoms with Crippen molar-refractivity contribution in [3.63, 3.8) is 0 Å². The molecule has 0 spiro atoms. The number of carboxylic acid groups (broad SMARTS) is 1. The zero-order chi connectivity index (χ0) is 24.6. The fourth-order valence-electron chi connectivity index (χ4n) is 5.23. The van der Waals surface area contributed by atoms with E-state index in [1.807, 2.05) is 36.1 Å².